The van der Waals surface area contributed by atoms with Crippen molar-refractivity contribution in [1.29, 1.82) is 0 Å². The molecular weight excluding hydrogens is 222 g/mol. The van der Waals surface area contributed by atoms with Crippen molar-refractivity contribution in [2.24, 2.45) is 0 Å². The van der Waals surface area contributed by atoms with Crippen LogP contribution in [0.2, 0.25) is 0 Å². The van der Waals surface area contributed by atoms with Crippen LogP contribution in [0.15, 0.2) is 36.7 Å². The molecule has 1 N–H and O–H groups in total. The normalized spacial score (nSPS) is 11.1. The van der Waals surface area contributed by atoms with Gasteiger partial charge < -0.3 is 5.32 Å². The number of rotatable bonds is 5. The van der Waals surface area contributed by atoms with E-state index in [1.807, 2.05) is 10.9 Å². The molecule has 2 aromatic rings. The quantitative estimate of drug-likeness (QED) is 0.874. The van der Waals surface area contributed by atoms with Crippen molar-refractivity contribution in [3.63, 3.8) is 0 Å². The molecule has 0 unspecified atom stereocenters. The van der Waals surface area contributed by atoms with Crippen LogP contribution in [0.25, 0.3) is 11.1 Å². The van der Waals surface area contributed by atoms with Crippen LogP contribution in [0.5, 0.6) is 0 Å². The maximum atomic E-state index is 4.34. The Balaban J connectivity index is 2.26. The summed E-state index contributed by atoms with van der Waals surface area (Å²) in [5, 5.41) is 7.81. The summed E-state index contributed by atoms with van der Waals surface area (Å²) < 4.78 is 1.96. The number of aromatic nitrogens is 2. The first kappa shape index (κ1) is 12.8. The monoisotopic (exact) mass is 243 g/mol. The predicted octanol–water partition coefficient (Wildman–Crippen LogP) is 3.07. The van der Waals surface area contributed by atoms with Crippen LogP contribution in [0, 0.1) is 0 Å². The Morgan fingerprint density at radius 3 is 2.72 bits per heavy atom. The van der Waals surface area contributed by atoms with E-state index in [0.717, 1.165) is 13.1 Å². The van der Waals surface area contributed by atoms with Crippen LogP contribution < -0.4 is 5.32 Å². The lowest BCUT2D eigenvalue weighted by atomic mass is 10.0. The highest BCUT2D eigenvalue weighted by atomic mass is 15.3. The molecule has 0 fully saturated rings. The molecule has 96 valence electrons. The van der Waals surface area contributed by atoms with E-state index < -0.39 is 0 Å². The molecule has 3 nitrogen and oxygen atoms in total. The first-order valence-corrected chi connectivity index (χ1v) is 6.54. The van der Waals surface area contributed by atoms with Gasteiger partial charge in [0.2, 0.25) is 0 Å². The lowest BCUT2D eigenvalue weighted by Gasteiger charge is -2.11. The van der Waals surface area contributed by atoms with Gasteiger partial charge in [-0.05, 0) is 18.1 Å². The Bertz CT molecular complexity index is 500. The van der Waals surface area contributed by atoms with E-state index in [2.05, 4.69) is 61.6 Å². The van der Waals surface area contributed by atoms with Gasteiger partial charge in [-0.25, -0.2) is 0 Å². The molecule has 0 atom stereocenters. The largest absolute Gasteiger partial charge is 0.310 e. The fraction of sp³-hybridized carbons (Fsp3) is 0.400. The molecule has 0 radical (unpaired) electrons. The van der Waals surface area contributed by atoms with Gasteiger partial charge in [0.15, 0.2) is 0 Å². The highest BCUT2D eigenvalue weighted by molar-refractivity contribution is 5.65. The van der Waals surface area contributed by atoms with E-state index in [9.17, 15) is 0 Å². The van der Waals surface area contributed by atoms with Gasteiger partial charge in [-0.2, -0.15) is 5.10 Å². The number of nitrogens with one attached hydrogen (secondary N) is 1. The number of hydrogen-bond acceptors (Lipinski definition) is 2. The molecule has 0 amide bonds. The van der Waals surface area contributed by atoms with Gasteiger partial charge in [0.05, 0.1) is 6.20 Å². The zero-order valence-corrected chi connectivity index (χ0v) is 11.4. The Hall–Kier alpha value is -1.61. The van der Waals surface area contributed by atoms with Gasteiger partial charge in [0, 0.05) is 30.9 Å². The summed E-state index contributed by atoms with van der Waals surface area (Å²) in [4.78, 5) is 0. The van der Waals surface area contributed by atoms with E-state index in [1.54, 1.807) is 0 Å². The number of nitrogens with zero attached hydrogens (tertiary/aromatic N) is 2. The van der Waals surface area contributed by atoms with E-state index in [1.165, 1.54) is 16.7 Å². The van der Waals surface area contributed by atoms with Crippen LogP contribution in [-0.4, -0.2) is 15.8 Å². The molecular formula is C15H21N3. The van der Waals surface area contributed by atoms with Gasteiger partial charge in [-0.15, -0.1) is 0 Å². The van der Waals surface area contributed by atoms with E-state index in [0.29, 0.717) is 6.04 Å². The average Bonchev–Trinajstić information content (AvgIpc) is 2.85. The summed E-state index contributed by atoms with van der Waals surface area (Å²) in [5.41, 5.74) is 3.78. The van der Waals surface area contributed by atoms with Crippen molar-refractivity contribution in [2.45, 2.75) is 39.9 Å². The number of aryl methyl sites for hydroxylation is 1. The first-order valence-electron chi connectivity index (χ1n) is 6.54. The minimum absolute atomic E-state index is 0.497. The van der Waals surface area contributed by atoms with Gasteiger partial charge in [0.1, 0.15) is 0 Å². The fourth-order valence-electron chi connectivity index (χ4n) is 1.95. The summed E-state index contributed by atoms with van der Waals surface area (Å²) in [5.74, 6) is 0. The van der Waals surface area contributed by atoms with E-state index in [4.69, 9.17) is 0 Å². The summed E-state index contributed by atoms with van der Waals surface area (Å²) >= 11 is 0. The smallest absolute Gasteiger partial charge is 0.0568 e. The Morgan fingerprint density at radius 1 is 1.28 bits per heavy atom. The lowest BCUT2D eigenvalue weighted by molar-refractivity contribution is 0.589. The lowest BCUT2D eigenvalue weighted by Crippen LogP contribution is -2.22. The molecule has 18 heavy (non-hydrogen) atoms. The Morgan fingerprint density at radius 2 is 2.06 bits per heavy atom. The predicted molar refractivity (Wildman–Crippen MR) is 75.3 cm³/mol. The van der Waals surface area contributed by atoms with Crippen LogP contribution in [0.1, 0.15) is 26.3 Å². The molecule has 0 aliphatic rings. The third kappa shape index (κ3) is 2.99. The van der Waals surface area contributed by atoms with Gasteiger partial charge in [-0.3, -0.25) is 4.68 Å². The topological polar surface area (TPSA) is 29.9 Å². The Labute approximate surface area is 109 Å². The minimum Gasteiger partial charge on any atom is -0.310 e. The first-order chi connectivity index (χ1) is 8.70. The second-order valence-corrected chi connectivity index (χ2v) is 4.78. The highest BCUT2D eigenvalue weighted by Gasteiger charge is 2.06. The maximum Gasteiger partial charge on any atom is 0.0568 e. The zero-order chi connectivity index (χ0) is 13.0. The molecule has 3 heteroatoms. The second kappa shape index (κ2) is 5.83. The van der Waals surface area contributed by atoms with Crippen molar-refractivity contribution in [1.82, 2.24) is 15.1 Å². The van der Waals surface area contributed by atoms with Gasteiger partial charge >= 0.3 is 0 Å². The van der Waals surface area contributed by atoms with Gasteiger partial charge in [0.25, 0.3) is 0 Å². The summed E-state index contributed by atoms with van der Waals surface area (Å²) in [6, 6.07) is 9.00. The third-order valence-electron chi connectivity index (χ3n) is 2.99. The third-order valence-corrected chi connectivity index (χ3v) is 2.99. The van der Waals surface area contributed by atoms with Crippen molar-refractivity contribution in [2.75, 3.05) is 0 Å². The minimum atomic E-state index is 0.497. The SMILES string of the molecule is CCn1cc(-c2ccccc2CNC(C)C)cn1. The fourth-order valence-corrected chi connectivity index (χ4v) is 1.95. The van der Waals surface area contributed by atoms with Crippen molar-refractivity contribution in [3.05, 3.63) is 42.2 Å². The van der Waals surface area contributed by atoms with Crippen LogP contribution in [0.3, 0.4) is 0 Å². The van der Waals surface area contributed by atoms with Crippen molar-refractivity contribution in [3.8, 4) is 11.1 Å². The van der Waals surface area contributed by atoms with E-state index in [-0.39, 0.29) is 0 Å². The molecule has 0 saturated heterocycles. The average molecular weight is 243 g/mol. The van der Waals surface area contributed by atoms with Gasteiger partial charge in [-0.1, -0.05) is 38.1 Å². The molecule has 1 heterocycles. The van der Waals surface area contributed by atoms with Crippen LogP contribution in [0.4, 0.5) is 0 Å². The number of benzene rings is 1. The molecule has 0 spiro atoms. The summed E-state index contributed by atoms with van der Waals surface area (Å²) in [6.45, 7) is 8.23. The molecule has 0 aliphatic heterocycles. The van der Waals surface area contributed by atoms with Crippen molar-refractivity contribution >= 4 is 0 Å². The Kier molecular flexibility index (Phi) is 4.15. The van der Waals surface area contributed by atoms with Crippen molar-refractivity contribution < 1.29 is 0 Å². The molecule has 1 aromatic heterocycles. The maximum absolute atomic E-state index is 4.34. The highest BCUT2D eigenvalue weighted by Crippen LogP contribution is 2.23. The second-order valence-electron chi connectivity index (χ2n) is 4.78. The summed E-state index contributed by atoms with van der Waals surface area (Å²) in [7, 11) is 0. The zero-order valence-electron chi connectivity index (χ0n) is 11.4. The molecule has 0 bridgehead atoms. The standard InChI is InChI=1S/C15H21N3/c1-4-18-11-14(10-17-18)15-8-6-5-7-13(15)9-16-12(2)3/h5-8,10-12,16H,4,9H2,1-3H3. The molecule has 0 aliphatic carbocycles. The molecule has 1 aromatic carbocycles. The van der Waals surface area contributed by atoms with E-state index >= 15 is 0 Å². The molecule has 2 rings (SSSR count). The van der Waals surface area contributed by atoms with Crippen LogP contribution >= 0.6 is 0 Å². The van der Waals surface area contributed by atoms with Crippen LogP contribution in [-0.2, 0) is 13.1 Å². The number of hydrogen-bond donors (Lipinski definition) is 1. The molecule has 0 saturated carbocycles. The summed E-state index contributed by atoms with van der Waals surface area (Å²) in [6.07, 6.45) is 4.05.